The number of unbranched alkanes of at least 4 members (excludes halogenated alkanes) is 3. The molecule has 0 unspecified atom stereocenters. The van der Waals surface area contributed by atoms with Gasteiger partial charge in [-0.3, -0.25) is 4.79 Å². The number of hydrogen-bond donors (Lipinski definition) is 1. The molecule has 4 aromatic rings. The van der Waals surface area contributed by atoms with Gasteiger partial charge in [0.05, 0.1) is 17.6 Å². The van der Waals surface area contributed by atoms with Crippen molar-refractivity contribution in [1.29, 1.82) is 0 Å². The van der Waals surface area contributed by atoms with Gasteiger partial charge in [-0.2, -0.15) is 0 Å². The van der Waals surface area contributed by atoms with Gasteiger partial charge in [-0.05, 0) is 86.7 Å². The number of carbonyl (C=O) groups excluding carboxylic acids is 1. The maximum absolute atomic E-state index is 12.0. The van der Waals surface area contributed by atoms with Gasteiger partial charge in [0.25, 0.3) is 5.91 Å². The molecule has 3 aromatic carbocycles. The number of nitrogens with zero attached hydrogens (tertiary/aromatic N) is 2. The van der Waals surface area contributed by atoms with E-state index < -0.39 is 0 Å². The van der Waals surface area contributed by atoms with Crippen LogP contribution in [0.4, 0.5) is 0 Å². The second kappa shape index (κ2) is 14.4. The van der Waals surface area contributed by atoms with E-state index in [0.717, 1.165) is 62.2 Å². The van der Waals surface area contributed by atoms with E-state index in [0.29, 0.717) is 23.9 Å². The van der Waals surface area contributed by atoms with Gasteiger partial charge in [-0.15, -0.1) is 0 Å². The molecular weight excluding hydrogens is 498 g/mol. The predicted octanol–water partition coefficient (Wildman–Crippen LogP) is 6.77. The molecule has 38 heavy (non-hydrogen) atoms. The van der Waals surface area contributed by atoms with Crippen LogP contribution in [-0.2, 0) is 17.8 Å². The Morgan fingerprint density at radius 2 is 1.74 bits per heavy atom. The molecule has 0 spiro atoms. The van der Waals surface area contributed by atoms with Crippen LogP contribution in [0, 0.1) is 6.92 Å². The zero-order chi connectivity index (χ0) is 26.6. The van der Waals surface area contributed by atoms with Gasteiger partial charge < -0.3 is 19.4 Å². The molecule has 6 nitrogen and oxygen atoms in total. The van der Waals surface area contributed by atoms with Gasteiger partial charge in [0.1, 0.15) is 17.3 Å². The van der Waals surface area contributed by atoms with E-state index in [2.05, 4.69) is 47.1 Å². The first-order valence-corrected chi connectivity index (χ1v) is 13.7. The zero-order valence-electron chi connectivity index (χ0n) is 22.0. The van der Waals surface area contributed by atoms with E-state index in [1.54, 1.807) is 24.3 Å². The van der Waals surface area contributed by atoms with Crippen molar-refractivity contribution in [2.45, 2.75) is 52.0 Å². The molecule has 1 heterocycles. The first-order chi connectivity index (χ1) is 18.6. The van der Waals surface area contributed by atoms with Crippen molar-refractivity contribution in [2.24, 2.45) is 0 Å². The van der Waals surface area contributed by atoms with Crippen LogP contribution in [0.2, 0.25) is 5.02 Å². The van der Waals surface area contributed by atoms with Crippen LogP contribution in [0.1, 0.15) is 43.5 Å². The van der Waals surface area contributed by atoms with E-state index in [1.165, 1.54) is 11.1 Å². The third-order valence-electron chi connectivity index (χ3n) is 6.35. The highest BCUT2D eigenvalue weighted by Crippen LogP contribution is 2.19. The highest BCUT2D eigenvalue weighted by molar-refractivity contribution is 6.30. The minimum absolute atomic E-state index is 0.00167. The fourth-order valence-corrected chi connectivity index (χ4v) is 4.50. The Kier molecular flexibility index (Phi) is 10.5. The molecule has 4 rings (SSSR count). The van der Waals surface area contributed by atoms with Crippen LogP contribution < -0.4 is 14.8 Å². The molecule has 1 N–H and O–H groups in total. The highest BCUT2D eigenvalue weighted by Gasteiger charge is 2.10. The number of rotatable bonds is 15. The summed E-state index contributed by atoms with van der Waals surface area (Å²) in [5.74, 6) is 2.58. The van der Waals surface area contributed by atoms with E-state index in [-0.39, 0.29) is 12.5 Å². The second-order valence-electron chi connectivity index (χ2n) is 9.44. The number of ether oxygens (including phenoxy) is 2. The van der Waals surface area contributed by atoms with Gasteiger partial charge in [-0.25, -0.2) is 4.98 Å². The number of para-hydroxylation sites is 2. The summed E-state index contributed by atoms with van der Waals surface area (Å²) in [6.45, 7) is 4.36. The lowest BCUT2D eigenvalue weighted by molar-refractivity contribution is -0.123. The molecule has 0 fully saturated rings. The van der Waals surface area contributed by atoms with Gasteiger partial charge >= 0.3 is 0 Å². The molecule has 0 aliphatic carbocycles. The Morgan fingerprint density at radius 1 is 0.895 bits per heavy atom. The van der Waals surface area contributed by atoms with E-state index in [9.17, 15) is 4.79 Å². The SMILES string of the molecule is Cc1cccc(OCCCCn2c(CCCCCNC(=O)COc3ccc(Cl)cc3)nc3ccccc32)c1. The average molecular weight is 534 g/mol. The molecule has 0 bridgehead atoms. The predicted molar refractivity (Wildman–Crippen MR) is 153 cm³/mol. The van der Waals surface area contributed by atoms with E-state index in [1.807, 2.05) is 18.2 Å². The largest absolute Gasteiger partial charge is 0.494 e. The van der Waals surface area contributed by atoms with Crippen molar-refractivity contribution in [3.05, 3.63) is 89.2 Å². The van der Waals surface area contributed by atoms with Gasteiger partial charge in [0, 0.05) is 24.5 Å². The number of hydrogen-bond acceptors (Lipinski definition) is 4. The molecule has 0 aliphatic heterocycles. The standard InChI is InChI=1S/C31H36ClN3O3/c1-24-10-9-11-27(22-24)37-21-8-7-20-35-29-13-5-4-12-28(29)34-30(35)14-3-2-6-19-33-31(36)23-38-26-17-15-25(32)16-18-26/h4-5,9-13,15-18,22H,2-3,6-8,14,19-21,23H2,1H3,(H,33,36). The van der Waals surface area contributed by atoms with Gasteiger partial charge in [-0.1, -0.05) is 42.3 Å². The molecule has 1 amide bonds. The third-order valence-corrected chi connectivity index (χ3v) is 6.60. The average Bonchev–Trinajstić information content (AvgIpc) is 3.27. The van der Waals surface area contributed by atoms with Crippen molar-refractivity contribution >= 4 is 28.5 Å². The zero-order valence-corrected chi connectivity index (χ0v) is 22.8. The van der Waals surface area contributed by atoms with Crippen molar-refractivity contribution in [1.82, 2.24) is 14.9 Å². The fourth-order valence-electron chi connectivity index (χ4n) is 4.38. The molecule has 0 aliphatic rings. The summed E-state index contributed by atoms with van der Waals surface area (Å²) < 4.78 is 13.8. The summed E-state index contributed by atoms with van der Waals surface area (Å²) in [7, 11) is 0. The monoisotopic (exact) mass is 533 g/mol. The van der Waals surface area contributed by atoms with Crippen molar-refractivity contribution < 1.29 is 14.3 Å². The highest BCUT2D eigenvalue weighted by atomic mass is 35.5. The lowest BCUT2D eigenvalue weighted by Gasteiger charge is -2.11. The quantitative estimate of drug-likeness (QED) is 0.171. The number of fused-ring (bicyclic) bond motifs is 1. The normalized spacial score (nSPS) is 11.0. The van der Waals surface area contributed by atoms with E-state index >= 15 is 0 Å². The van der Waals surface area contributed by atoms with Crippen LogP contribution in [-0.4, -0.2) is 35.2 Å². The van der Waals surface area contributed by atoms with Crippen LogP contribution in [0.15, 0.2) is 72.8 Å². The maximum Gasteiger partial charge on any atom is 0.257 e. The molecule has 7 heteroatoms. The maximum atomic E-state index is 12.0. The molecule has 200 valence electrons. The molecule has 0 saturated carbocycles. The Bertz CT molecular complexity index is 1300. The van der Waals surface area contributed by atoms with Crippen LogP contribution in [0.3, 0.4) is 0 Å². The minimum atomic E-state index is -0.117. The minimum Gasteiger partial charge on any atom is -0.494 e. The Hall–Kier alpha value is -3.51. The summed E-state index contributed by atoms with van der Waals surface area (Å²) in [5.41, 5.74) is 3.45. The number of amides is 1. The van der Waals surface area contributed by atoms with Crippen LogP contribution in [0.5, 0.6) is 11.5 Å². The molecule has 1 aromatic heterocycles. The smallest absolute Gasteiger partial charge is 0.257 e. The summed E-state index contributed by atoms with van der Waals surface area (Å²) in [5, 5.41) is 3.57. The summed E-state index contributed by atoms with van der Waals surface area (Å²) in [6.07, 6.45) is 5.90. The number of carbonyl (C=O) groups is 1. The first kappa shape index (κ1) is 27.5. The Morgan fingerprint density at radius 3 is 2.58 bits per heavy atom. The van der Waals surface area contributed by atoms with Crippen LogP contribution >= 0.6 is 11.6 Å². The molecule has 0 atom stereocenters. The number of halogens is 1. The third kappa shape index (κ3) is 8.52. The lowest BCUT2D eigenvalue weighted by Crippen LogP contribution is -2.29. The number of aryl methyl sites for hydroxylation is 3. The molecule has 0 radical (unpaired) electrons. The van der Waals surface area contributed by atoms with Crippen molar-refractivity contribution in [3.63, 3.8) is 0 Å². The van der Waals surface area contributed by atoms with Crippen LogP contribution in [0.25, 0.3) is 11.0 Å². The Labute approximate surface area is 229 Å². The first-order valence-electron chi connectivity index (χ1n) is 13.4. The number of imidazole rings is 1. The second-order valence-corrected chi connectivity index (χ2v) is 9.88. The topological polar surface area (TPSA) is 65.4 Å². The number of aromatic nitrogens is 2. The summed E-state index contributed by atoms with van der Waals surface area (Å²) in [4.78, 5) is 17.0. The summed E-state index contributed by atoms with van der Waals surface area (Å²) in [6, 6.07) is 23.5. The van der Waals surface area contributed by atoms with Gasteiger partial charge in [0.15, 0.2) is 6.61 Å². The van der Waals surface area contributed by atoms with Gasteiger partial charge in [0.2, 0.25) is 0 Å². The molecular formula is C31H36ClN3O3. The van der Waals surface area contributed by atoms with E-state index in [4.69, 9.17) is 26.1 Å². The van der Waals surface area contributed by atoms with Crippen molar-refractivity contribution in [3.8, 4) is 11.5 Å². The molecule has 0 saturated heterocycles. The Balaban J connectivity index is 1.16. The fraction of sp³-hybridized carbons (Fsp3) is 0.355. The lowest BCUT2D eigenvalue weighted by atomic mass is 10.2. The summed E-state index contributed by atoms with van der Waals surface area (Å²) >= 11 is 5.87. The number of nitrogens with one attached hydrogen (secondary N) is 1. The van der Waals surface area contributed by atoms with Crippen molar-refractivity contribution in [2.75, 3.05) is 19.8 Å². The number of benzene rings is 3.